The number of aromatic nitrogens is 1. The van der Waals surface area contributed by atoms with Crippen LogP contribution in [0.15, 0.2) is 34.7 Å². The zero-order chi connectivity index (χ0) is 14.8. The molecule has 1 atom stereocenters. The van der Waals surface area contributed by atoms with Crippen LogP contribution >= 0.6 is 22.9 Å². The van der Waals surface area contributed by atoms with E-state index >= 15 is 0 Å². The van der Waals surface area contributed by atoms with Crippen LogP contribution in [0.4, 0.5) is 0 Å². The molecule has 20 heavy (non-hydrogen) atoms. The summed E-state index contributed by atoms with van der Waals surface area (Å²) in [7, 11) is -3.63. The highest BCUT2D eigenvalue weighted by Crippen LogP contribution is 2.22. The molecule has 8 heteroatoms. The van der Waals surface area contributed by atoms with E-state index in [0.717, 1.165) is 0 Å². The summed E-state index contributed by atoms with van der Waals surface area (Å²) in [5.74, 6) is 0. The Labute approximate surface area is 126 Å². The molecule has 1 aromatic carbocycles. The molecule has 0 aliphatic rings. The van der Waals surface area contributed by atoms with Gasteiger partial charge in [-0.15, -0.1) is 11.3 Å². The standard InChI is InChI=1S/C12H14ClN3O2S2/c1-8(12-15-4-5-19-12)16-20(17,18)10-2-3-11(13)9(6-10)7-14/h2-6,8,16H,7,14H2,1H3. The lowest BCUT2D eigenvalue weighted by atomic mass is 10.2. The van der Waals surface area contributed by atoms with Crippen molar-refractivity contribution in [1.82, 2.24) is 9.71 Å². The summed E-state index contributed by atoms with van der Waals surface area (Å²) < 4.78 is 27.2. The highest BCUT2D eigenvalue weighted by molar-refractivity contribution is 7.89. The maximum absolute atomic E-state index is 12.3. The molecular weight excluding hydrogens is 318 g/mol. The van der Waals surface area contributed by atoms with Gasteiger partial charge in [0.25, 0.3) is 0 Å². The van der Waals surface area contributed by atoms with E-state index < -0.39 is 16.1 Å². The Kier molecular flexibility index (Phi) is 4.77. The van der Waals surface area contributed by atoms with Gasteiger partial charge in [0.15, 0.2) is 0 Å². The lowest BCUT2D eigenvalue weighted by Crippen LogP contribution is -2.27. The zero-order valence-electron chi connectivity index (χ0n) is 10.7. The minimum absolute atomic E-state index is 0.144. The minimum atomic E-state index is -3.63. The number of nitrogens with zero attached hydrogens (tertiary/aromatic N) is 1. The van der Waals surface area contributed by atoms with Crippen LogP contribution in [0.5, 0.6) is 0 Å². The molecule has 0 aliphatic carbocycles. The summed E-state index contributed by atoms with van der Waals surface area (Å²) in [5.41, 5.74) is 6.13. The summed E-state index contributed by atoms with van der Waals surface area (Å²) in [6, 6.07) is 4.08. The molecule has 0 fully saturated rings. The fourth-order valence-corrected chi connectivity index (χ4v) is 3.85. The van der Waals surface area contributed by atoms with Crippen molar-refractivity contribution < 1.29 is 8.42 Å². The average molecular weight is 332 g/mol. The van der Waals surface area contributed by atoms with Crippen molar-refractivity contribution in [3.8, 4) is 0 Å². The van der Waals surface area contributed by atoms with Crippen molar-refractivity contribution in [2.45, 2.75) is 24.4 Å². The van der Waals surface area contributed by atoms with Crippen LogP contribution in [0.25, 0.3) is 0 Å². The van der Waals surface area contributed by atoms with Crippen molar-refractivity contribution >= 4 is 33.0 Å². The van der Waals surface area contributed by atoms with Crippen LogP contribution in [0.1, 0.15) is 23.5 Å². The van der Waals surface area contributed by atoms with Gasteiger partial charge in [0, 0.05) is 23.1 Å². The Morgan fingerprint density at radius 1 is 1.50 bits per heavy atom. The molecule has 0 bridgehead atoms. The summed E-state index contributed by atoms with van der Waals surface area (Å²) in [6.45, 7) is 1.93. The van der Waals surface area contributed by atoms with Gasteiger partial charge in [0.1, 0.15) is 5.01 Å². The average Bonchev–Trinajstić information content (AvgIpc) is 2.92. The second-order valence-corrected chi connectivity index (χ2v) is 7.22. The highest BCUT2D eigenvalue weighted by Gasteiger charge is 2.20. The third-order valence-electron chi connectivity index (χ3n) is 2.70. The molecule has 0 saturated heterocycles. The van der Waals surface area contributed by atoms with Crippen LogP contribution < -0.4 is 10.5 Å². The van der Waals surface area contributed by atoms with E-state index in [1.807, 2.05) is 0 Å². The first-order chi connectivity index (χ1) is 9.44. The zero-order valence-corrected chi connectivity index (χ0v) is 13.1. The van der Waals surface area contributed by atoms with E-state index in [9.17, 15) is 8.42 Å². The molecule has 3 N–H and O–H groups in total. The summed E-state index contributed by atoms with van der Waals surface area (Å²) in [5, 5.41) is 2.97. The smallest absolute Gasteiger partial charge is 0.241 e. The number of rotatable bonds is 5. The van der Waals surface area contributed by atoms with Crippen molar-refractivity contribution in [2.75, 3.05) is 0 Å². The van der Waals surface area contributed by atoms with E-state index in [1.165, 1.54) is 29.5 Å². The van der Waals surface area contributed by atoms with Gasteiger partial charge in [-0.05, 0) is 30.7 Å². The number of hydrogen-bond donors (Lipinski definition) is 2. The molecule has 0 aliphatic heterocycles. The predicted molar refractivity (Wildman–Crippen MR) is 80.2 cm³/mol. The molecule has 0 saturated carbocycles. The van der Waals surface area contributed by atoms with E-state index in [-0.39, 0.29) is 11.4 Å². The van der Waals surface area contributed by atoms with Crippen LogP contribution in [0, 0.1) is 0 Å². The third-order valence-corrected chi connectivity index (χ3v) is 5.57. The maximum Gasteiger partial charge on any atom is 0.241 e. The largest absolute Gasteiger partial charge is 0.326 e. The molecule has 5 nitrogen and oxygen atoms in total. The summed E-state index contributed by atoms with van der Waals surface area (Å²) in [4.78, 5) is 4.24. The van der Waals surface area contributed by atoms with Gasteiger partial charge >= 0.3 is 0 Å². The first-order valence-electron chi connectivity index (χ1n) is 5.84. The van der Waals surface area contributed by atoms with E-state index in [1.54, 1.807) is 18.5 Å². The number of benzene rings is 1. The monoisotopic (exact) mass is 331 g/mol. The van der Waals surface area contributed by atoms with Crippen molar-refractivity contribution in [2.24, 2.45) is 5.73 Å². The lowest BCUT2D eigenvalue weighted by molar-refractivity contribution is 0.566. The normalized spacial score (nSPS) is 13.3. The van der Waals surface area contributed by atoms with Crippen molar-refractivity contribution in [3.63, 3.8) is 0 Å². The van der Waals surface area contributed by atoms with Gasteiger partial charge < -0.3 is 5.73 Å². The Bertz CT molecular complexity index is 687. The number of hydrogen-bond acceptors (Lipinski definition) is 5. The van der Waals surface area contributed by atoms with E-state index in [2.05, 4.69) is 9.71 Å². The summed E-state index contributed by atoms with van der Waals surface area (Å²) in [6.07, 6.45) is 1.64. The molecule has 108 valence electrons. The third kappa shape index (κ3) is 3.36. The molecule has 2 aromatic rings. The Morgan fingerprint density at radius 3 is 2.85 bits per heavy atom. The molecule has 1 aromatic heterocycles. The van der Waals surface area contributed by atoms with Gasteiger partial charge in [0.05, 0.1) is 10.9 Å². The quantitative estimate of drug-likeness (QED) is 0.880. The van der Waals surface area contributed by atoms with Crippen LogP contribution in [0.3, 0.4) is 0 Å². The lowest BCUT2D eigenvalue weighted by Gasteiger charge is -2.13. The van der Waals surface area contributed by atoms with Gasteiger partial charge in [-0.3, -0.25) is 0 Å². The minimum Gasteiger partial charge on any atom is -0.326 e. The fourth-order valence-electron chi connectivity index (χ4n) is 1.67. The molecule has 1 heterocycles. The number of sulfonamides is 1. The number of thiazole rings is 1. The molecule has 0 radical (unpaired) electrons. The Morgan fingerprint density at radius 2 is 2.25 bits per heavy atom. The predicted octanol–water partition coefficient (Wildman–Crippen LogP) is 2.29. The second-order valence-electron chi connectivity index (χ2n) is 4.17. The van der Waals surface area contributed by atoms with Crippen LogP contribution in [0.2, 0.25) is 5.02 Å². The molecule has 1 unspecified atom stereocenters. The molecular formula is C12H14ClN3O2S2. The van der Waals surface area contributed by atoms with Gasteiger partial charge in [0.2, 0.25) is 10.0 Å². The number of halogens is 1. The molecule has 2 rings (SSSR count). The Balaban J connectivity index is 2.26. The van der Waals surface area contributed by atoms with Crippen LogP contribution in [-0.4, -0.2) is 13.4 Å². The van der Waals surface area contributed by atoms with Crippen LogP contribution in [-0.2, 0) is 16.6 Å². The SMILES string of the molecule is CC(NS(=O)(=O)c1ccc(Cl)c(CN)c1)c1nccs1. The van der Waals surface area contributed by atoms with E-state index in [4.69, 9.17) is 17.3 Å². The topological polar surface area (TPSA) is 85.1 Å². The fraction of sp³-hybridized carbons (Fsp3) is 0.250. The first-order valence-corrected chi connectivity index (χ1v) is 8.58. The van der Waals surface area contributed by atoms with Crippen molar-refractivity contribution in [1.29, 1.82) is 0 Å². The molecule has 0 spiro atoms. The molecule has 0 amide bonds. The maximum atomic E-state index is 12.3. The van der Waals surface area contributed by atoms with Gasteiger partial charge in [-0.25, -0.2) is 18.1 Å². The Hall–Kier alpha value is -0.990. The van der Waals surface area contributed by atoms with Gasteiger partial charge in [-0.1, -0.05) is 11.6 Å². The van der Waals surface area contributed by atoms with E-state index in [0.29, 0.717) is 15.6 Å². The second kappa shape index (κ2) is 6.19. The number of nitrogens with two attached hydrogens (primary N) is 1. The first kappa shape index (κ1) is 15.4. The highest BCUT2D eigenvalue weighted by atomic mass is 35.5. The summed E-state index contributed by atoms with van der Waals surface area (Å²) >= 11 is 7.33. The van der Waals surface area contributed by atoms with Gasteiger partial charge in [-0.2, -0.15) is 0 Å². The van der Waals surface area contributed by atoms with Crippen molar-refractivity contribution in [3.05, 3.63) is 45.4 Å². The number of nitrogens with one attached hydrogen (secondary N) is 1.